The molecule has 1 amide bonds. The van der Waals surface area contributed by atoms with Gasteiger partial charge in [-0.05, 0) is 29.4 Å². The lowest BCUT2D eigenvalue weighted by Crippen LogP contribution is -2.42. The molecule has 1 aliphatic heterocycles. The number of carbonyl (C=O) groups is 1. The first kappa shape index (κ1) is 19.8. The van der Waals surface area contributed by atoms with Gasteiger partial charge in [-0.25, -0.2) is 0 Å². The van der Waals surface area contributed by atoms with E-state index >= 15 is 0 Å². The zero-order chi connectivity index (χ0) is 19.7. The maximum Gasteiger partial charge on any atom is 0.274 e. The summed E-state index contributed by atoms with van der Waals surface area (Å²) in [5.74, 6) is -0.153. The number of halogens is 1. The minimum Gasteiger partial charge on any atom is -0.503 e. The van der Waals surface area contributed by atoms with Gasteiger partial charge in [0.25, 0.3) is 5.91 Å². The van der Waals surface area contributed by atoms with E-state index in [1.165, 1.54) is 6.07 Å². The van der Waals surface area contributed by atoms with Crippen molar-refractivity contribution >= 4 is 29.3 Å². The smallest absolute Gasteiger partial charge is 0.274 e. The van der Waals surface area contributed by atoms with Crippen LogP contribution in [0.25, 0.3) is 0 Å². The van der Waals surface area contributed by atoms with Gasteiger partial charge in [0.05, 0.1) is 0 Å². The molecule has 0 fully saturated rings. The second-order valence-electron chi connectivity index (χ2n) is 7.02. The third kappa shape index (κ3) is 4.17. The summed E-state index contributed by atoms with van der Waals surface area (Å²) >= 11 is 7.77. The maximum absolute atomic E-state index is 13.0. The second-order valence-corrected chi connectivity index (χ2v) is 8.99. The summed E-state index contributed by atoms with van der Waals surface area (Å²) in [6, 6.07) is 7.10. The van der Waals surface area contributed by atoms with Crippen molar-refractivity contribution in [2.75, 3.05) is 6.54 Å². The monoisotopic (exact) mass is 406 g/mol. The molecule has 0 bridgehead atoms. The number of hydrogen-bond acceptors (Lipinski definition) is 4. The summed E-state index contributed by atoms with van der Waals surface area (Å²) < 4.78 is 1.79. The van der Waals surface area contributed by atoms with Crippen molar-refractivity contribution in [3.05, 3.63) is 62.0 Å². The number of aryl methyl sites for hydroxylation is 1. The molecule has 144 valence electrons. The fourth-order valence-corrected chi connectivity index (χ4v) is 4.04. The minimum absolute atomic E-state index is 0.0961. The van der Waals surface area contributed by atoms with Crippen molar-refractivity contribution in [1.82, 2.24) is 9.47 Å². The Bertz CT molecular complexity index is 940. The number of carbonyl (C=O) groups excluding carboxylic acids is 1. The molecule has 1 aromatic carbocycles. The van der Waals surface area contributed by atoms with E-state index in [1.807, 2.05) is 25.1 Å². The predicted molar refractivity (Wildman–Crippen MR) is 110 cm³/mol. The van der Waals surface area contributed by atoms with Crippen LogP contribution in [0.3, 0.4) is 0 Å². The van der Waals surface area contributed by atoms with E-state index in [-0.39, 0.29) is 11.6 Å². The van der Waals surface area contributed by atoms with E-state index in [0.29, 0.717) is 35.7 Å². The molecule has 3 rings (SSSR count). The number of pyridine rings is 1. The molecule has 0 saturated heterocycles. The topological polar surface area (TPSA) is 62.5 Å². The number of benzene rings is 1. The molecule has 5 nitrogen and oxygen atoms in total. The Morgan fingerprint density at radius 1 is 1.22 bits per heavy atom. The van der Waals surface area contributed by atoms with Crippen LogP contribution in [-0.2, 0) is 18.8 Å². The molecule has 1 aromatic heterocycles. The van der Waals surface area contributed by atoms with Crippen molar-refractivity contribution in [3.63, 3.8) is 0 Å². The van der Waals surface area contributed by atoms with E-state index in [9.17, 15) is 14.7 Å². The Morgan fingerprint density at radius 2 is 1.96 bits per heavy atom. The average Bonchev–Trinajstić information content (AvgIpc) is 2.61. The largest absolute Gasteiger partial charge is 0.503 e. The second kappa shape index (κ2) is 7.98. The van der Waals surface area contributed by atoms with Crippen LogP contribution >= 0.6 is 23.4 Å². The van der Waals surface area contributed by atoms with Crippen molar-refractivity contribution in [3.8, 4) is 5.75 Å². The Balaban J connectivity index is 1.91. The minimum atomic E-state index is -0.502. The van der Waals surface area contributed by atoms with E-state index in [2.05, 4.69) is 13.8 Å². The first-order valence-electron chi connectivity index (χ1n) is 8.89. The Hall–Kier alpha value is -1.92. The van der Waals surface area contributed by atoms with Gasteiger partial charge in [0, 0.05) is 42.2 Å². The van der Waals surface area contributed by atoms with E-state index in [4.69, 9.17) is 11.6 Å². The number of fused-ring (bicyclic) bond motifs is 1. The van der Waals surface area contributed by atoms with Crippen molar-refractivity contribution in [2.45, 2.75) is 44.9 Å². The highest BCUT2D eigenvalue weighted by molar-refractivity contribution is 7.99. The van der Waals surface area contributed by atoms with Crippen molar-refractivity contribution < 1.29 is 9.90 Å². The lowest BCUT2D eigenvalue weighted by Gasteiger charge is -2.32. The Labute approximate surface area is 168 Å². The predicted octanol–water partition coefficient (Wildman–Crippen LogP) is 3.81. The summed E-state index contributed by atoms with van der Waals surface area (Å²) in [5.41, 5.74) is 2.29. The molecule has 0 unspecified atom stereocenters. The van der Waals surface area contributed by atoms with Crippen LogP contribution in [0.4, 0.5) is 0 Å². The number of rotatable bonds is 5. The van der Waals surface area contributed by atoms with Crippen LogP contribution in [0.15, 0.2) is 29.1 Å². The molecular formula is C20H23ClN2O3S. The zero-order valence-corrected chi connectivity index (χ0v) is 17.2. The first-order chi connectivity index (χ1) is 12.8. The number of hydrogen-bond donors (Lipinski definition) is 1. The van der Waals surface area contributed by atoms with Gasteiger partial charge in [0.2, 0.25) is 5.43 Å². The van der Waals surface area contributed by atoms with E-state index < -0.39 is 11.2 Å². The highest BCUT2D eigenvalue weighted by Crippen LogP contribution is 2.26. The normalized spacial score (nSPS) is 14.0. The quantitative estimate of drug-likeness (QED) is 0.820. The summed E-state index contributed by atoms with van der Waals surface area (Å²) in [6.07, 6.45) is 0. The molecule has 7 heteroatoms. The first-order valence-corrected chi connectivity index (χ1v) is 10.3. The molecular weight excluding hydrogens is 384 g/mol. The number of aromatic nitrogens is 1. The lowest BCUT2D eigenvalue weighted by molar-refractivity contribution is 0.0681. The van der Waals surface area contributed by atoms with Gasteiger partial charge >= 0.3 is 0 Å². The summed E-state index contributed by atoms with van der Waals surface area (Å²) in [7, 11) is 0. The molecule has 1 N–H and O–H groups in total. The van der Waals surface area contributed by atoms with E-state index in [1.54, 1.807) is 21.2 Å². The number of aromatic hydroxyl groups is 1. The summed E-state index contributed by atoms with van der Waals surface area (Å²) in [5, 5.41) is 11.4. The van der Waals surface area contributed by atoms with Crippen LogP contribution in [0.2, 0.25) is 5.02 Å². The molecule has 0 aliphatic carbocycles. The average molecular weight is 407 g/mol. The maximum atomic E-state index is 13.0. The van der Waals surface area contributed by atoms with Crippen LogP contribution in [-0.4, -0.2) is 32.3 Å². The third-order valence-electron chi connectivity index (χ3n) is 4.62. The molecule has 27 heavy (non-hydrogen) atoms. The molecule has 2 heterocycles. The fourth-order valence-electron chi connectivity index (χ4n) is 3.18. The Kier molecular flexibility index (Phi) is 5.86. The number of thioether (sulfide) groups is 1. The fraction of sp³-hybridized carbons (Fsp3) is 0.400. The van der Waals surface area contributed by atoms with Gasteiger partial charge in [-0.1, -0.05) is 37.6 Å². The van der Waals surface area contributed by atoms with Gasteiger partial charge in [-0.2, -0.15) is 11.8 Å². The number of nitrogens with zero attached hydrogens (tertiary/aromatic N) is 2. The van der Waals surface area contributed by atoms with Crippen LogP contribution in [0.5, 0.6) is 5.75 Å². The van der Waals surface area contributed by atoms with Gasteiger partial charge < -0.3 is 14.6 Å². The number of amides is 1. The summed E-state index contributed by atoms with van der Waals surface area (Å²) in [4.78, 5) is 26.9. The van der Waals surface area contributed by atoms with Gasteiger partial charge in [-0.3, -0.25) is 9.59 Å². The molecule has 0 saturated carbocycles. The summed E-state index contributed by atoms with van der Waals surface area (Å²) in [6.45, 7) is 7.58. The van der Waals surface area contributed by atoms with Crippen LogP contribution in [0, 0.1) is 6.92 Å². The Morgan fingerprint density at radius 3 is 2.63 bits per heavy atom. The molecule has 2 aromatic rings. The van der Waals surface area contributed by atoms with Crippen molar-refractivity contribution in [2.24, 2.45) is 0 Å². The van der Waals surface area contributed by atoms with Crippen LogP contribution in [0.1, 0.15) is 41.2 Å². The van der Waals surface area contributed by atoms with Gasteiger partial charge in [-0.15, -0.1) is 0 Å². The molecule has 1 aliphatic rings. The molecule has 0 spiro atoms. The van der Waals surface area contributed by atoms with Crippen LogP contribution < -0.4 is 5.43 Å². The van der Waals surface area contributed by atoms with E-state index in [0.717, 1.165) is 16.8 Å². The highest BCUT2D eigenvalue weighted by atomic mass is 35.5. The zero-order valence-electron chi connectivity index (χ0n) is 15.7. The lowest BCUT2D eigenvalue weighted by atomic mass is 10.1. The SMILES string of the molecule is Cc1cc(CN2CCn3c(CSC(C)C)cc(=O)c(O)c3C2=O)ccc1Cl. The van der Waals surface area contributed by atoms with Gasteiger partial charge in [0.1, 0.15) is 0 Å². The van der Waals surface area contributed by atoms with Gasteiger partial charge in [0.15, 0.2) is 11.4 Å². The third-order valence-corrected chi connectivity index (χ3v) is 6.17. The van der Waals surface area contributed by atoms with Crippen molar-refractivity contribution in [1.29, 1.82) is 0 Å². The highest BCUT2D eigenvalue weighted by Gasteiger charge is 2.30. The molecule has 0 radical (unpaired) electrons. The molecule has 0 atom stereocenters. The standard InChI is InChI=1S/C20H23ClN2O3S/c1-12(2)27-11-15-9-17(24)19(25)18-20(26)22(6-7-23(15)18)10-14-4-5-16(21)13(3)8-14/h4-5,8-9,12,25H,6-7,10-11H2,1-3H3.